The maximum atomic E-state index is 13.2. The highest BCUT2D eigenvalue weighted by Crippen LogP contribution is 2.29. The number of fused-ring (bicyclic) bond motifs is 1. The van der Waals surface area contributed by atoms with Gasteiger partial charge in [-0.05, 0) is 43.5 Å². The molecule has 188 valence electrons. The number of amides is 1. The van der Waals surface area contributed by atoms with Crippen molar-refractivity contribution >= 4 is 34.9 Å². The summed E-state index contributed by atoms with van der Waals surface area (Å²) in [7, 11) is 0. The van der Waals surface area contributed by atoms with Crippen LogP contribution < -0.4 is 15.8 Å². The van der Waals surface area contributed by atoms with Crippen molar-refractivity contribution in [2.24, 2.45) is 0 Å². The summed E-state index contributed by atoms with van der Waals surface area (Å²) in [4.78, 5) is 33.3. The summed E-state index contributed by atoms with van der Waals surface area (Å²) in [6, 6.07) is 8.54. The Labute approximate surface area is 212 Å². The van der Waals surface area contributed by atoms with E-state index in [2.05, 4.69) is 27.1 Å². The van der Waals surface area contributed by atoms with Crippen LogP contribution in [0, 0.1) is 6.92 Å². The number of anilines is 2. The highest BCUT2D eigenvalue weighted by molar-refractivity contribution is 6.30. The molecule has 1 aromatic carbocycles. The molecule has 0 aliphatic carbocycles. The number of nitrogens with one attached hydrogen (secondary N) is 1. The first-order valence-electron chi connectivity index (χ1n) is 12.2. The zero-order valence-corrected chi connectivity index (χ0v) is 21.0. The average molecular weight is 510 g/mol. The Morgan fingerprint density at radius 1 is 1.22 bits per heavy atom. The lowest BCUT2D eigenvalue weighted by Crippen LogP contribution is -2.42. The normalized spacial score (nSPS) is 15.6. The molecule has 4 aromatic rings. The molecule has 0 spiro atoms. The number of carbonyl (C=O) groups is 1. The smallest absolute Gasteiger partial charge is 0.261 e. The van der Waals surface area contributed by atoms with Crippen LogP contribution in [0.1, 0.15) is 44.7 Å². The van der Waals surface area contributed by atoms with Crippen LogP contribution >= 0.6 is 11.6 Å². The largest absolute Gasteiger partial charge is 0.346 e. The van der Waals surface area contributed by atoms with Gasteiger partial charge in [-0.1, -0.05) is 48.7 Å². The number of aromatic nitrogens is 5. The molecule has 1 aliphatic rings. The third-order valence-corrected chi connectivity index (χ3v) is 6.82. The van der Waals surface area contributed by atoms with Crippen LogP contribution in [-0.2, 0) is 11.3 Å². The molecule has 1 N–H and O–H groups in total. The van der Waals surface area contributed by atoms with E-state index < -0.39 is 6.04 Å². The molecule has 1 atom stereocenters. The number of nitrogens with zero attached hydrogens (tertiary/aromatic N) is 6. The number of rotatable bonds is 8. The third kappa shape index (κ3) is 4.60. The third-order valence-electron chi connectivity index (χ3n) is 6.56. The Kier molecular flexibility index (Phi) is 6.77. The molecule has 11 heteroatoms. The quantitative estimate of drug-likeness (QED) is 0.352. The van der Waals surface area contributed by atoms with Crippen molar-refractivity contribution in [2.75, 3.05) is 16.8 Å². The molecule has 0 unspecified atom stereocenters. The Hall–Kier alpha value is -3.66. The van der Waals surface area contributed by atoms with Gasteiger partial charge in [-0.2, -0.15) is 0 Å². The molecule has 0 saturated carbocycles. The first-order valence-corrected chi connectivity index (χ1v) is 12.6. The standard InChI is InChI=1S/C25H28ClN7O3/c1-3-4-5-12-32-21(31-13-6-7-20(31)24(35)28-23-16(2)29-36-30-23)14-22(34)33-15-19(27-25(32)33)17-8-10-18(26)11-9-17/h8-11,14-15,20H,3-7,12-13H2,1-2H3,(H,28,30,35)/t20-/m0/s1. The van der Waals surface area contributed by atoms with Gasteiger partial charge in [0.2, 0.25) is 11.7 Å². The summed E-state index contributed by atoms with van der Waals surface area (Å²) in [5, 5.41) is 11.0. The molecule has 0 bridgehead atoms. The van der Waals surface area contributed by atoms with Crippen molar-refractivity contribution in [3.63, 3.8) is 0 Å². The van der Waals surface area contributed by atoms with E-state index in [1.165, 1.54) is 0 Å². The van der Waals surface area contributed by atoms with E-state index in [-0.39, 0.29) is 11.5 Å². The van der Waals surface area contributed by atoms with E-state index in [1.807, 2.05) is 17.0 Å². The molecule has 4 heterocycles. The fourth-order valence-corrected chi connectivity index (χ4v) is 4.80. The molecule has 1 amide bonds. The maximum Gasteiger partial charge on any atom is 0.261 e. The Morgan fingerprint density at radius 3 is 2.75 bits per heavy atom. The highest BCUT2D eigenvalue weighted by atomic mass is 35.5. The van der Waals surface area contributed by atoms with Crippen LogP contribution in [-0.4, -0.2) is 42.8 Å². The molecule has 1 aliphatic heterocycles. The predicted molar refractivity (Wildman–Crippen MR) is 137 cm³/mol. The highest BCUT2D eigenvalue weighted by Gasteiger charge is 2.34. The zero-order chi connectivity index (χ0) is 25.2. The van der Waals surface area contributed by atoms with Crippen molar-refractivity contribution in [2.45, 2.75) is 58.5 Å². The minimum absolute atomic E-state index is 0.193. The van der Waals surface area contributed by atoms with Crippen molar-refractivity contribution in [3.05, 3.63) is 57.6 Å². The second kappa shape index (κ2) is 10.1. The Morgan fingerprint density at radius 2 is 2.03 bits per heavy atom. The number of aryl methyl sites for hydroxylation is 2. The number of hydrogen-bond donors (Lipinski definition) is 1. The van der Waals surface area contributed by atoms with Gasteiger partial charge >= 0.3 is 0 Å². The van der Waals surface area contributed by atoms with Gasteiger partial charge in [-0.25, -0.2) is 9.61 Å². The van der Waals surface area contributed by atoms with Crippen LogP contribution in [0.25, 0.3) is 17.0 Å². The van der Waals surface area contributed by atoms with Gasteiger partial charge < -0.3 is 10.2 Å². The van der Waals surface area contributed by atoms with Crippen molar-refractivity contribution in [1.82, 2.24) is 24.3 Å². The molecule has 1 saturated heterocycles. The zero-order valence-electron chi connectivity index (χ0n) is 20.3. The van der Waals surface area contributed by atoms with E-state index in [0.29, 0.717) is 53.3 Å². The van der Waals surface area contributed by atoms with E-state index in [9.17, 15) is 9.59 Å². The molecular weight excluding hydrogens is 482 g/mol. The predicted octanol–water partition coefficient (Wildman–Crippen LogP) is 4.31. The second-order valence-electron chi connectivity index (χ2n) is 9.04. The molecule has 5 rings (SSSR count). The summed E-state index contributed by atoms with van der Waals surface area (Å²) in [5.74, 6) is 1.36. The van der Waals surface area contributed by atoms with Crippen molar-refractivity contribution in [1.29, 1.82) is 0 Å². The van der Waals surface area contributed by atoms with Gasteiger partial charge in [0, 0.05) is 35.9 Å². The number of hydrogen-bond acceptors (Lipinski definition) is 7. The lowest BCUT2D eigenvalue weighted by Gasteiger charge is -2.28. The number of unbranched alkanes of at least 4 members (excludes halogenated alkanes) is 2. The molecule has 3 aromatic heterocycles. The van der Waals surface area contributed by atoms with Gasteiger partial charge in [0.15, 0.2) is 5.82 Å². The average Bonchev–Trinajstić information content (AvgIpc) is 3.61. The molecule has 36 heavy (non-hydrogen) atoms. The van der Waals surface area contributed by atoms with E-state index in [1.54, 1.807) is 35.7 Å². The molecule has 10 nitrogen and oxygen atoms in total. The summed E-state index contributed by atoms with van der Waals surface area (Å²) < 4.78 is 8.35. The minimum atomic E-state index is -0.453. The monoisotopic (exact) mass is 509 g/mol. The summed E-state index contributed by atoms with van der Waals surface area (Å²) >= 11 is 6.05. The maximum absolute atomic E-state index is 13.2. The van der Waals surface area contributed by atoms with Gasteiger partial charge in [-0.3, -0.25) is 18.6 Å². The van der Waals surface area contributed by atoms with Crippen LogP contribution in [0.15, 0.2) is 46.0 Å². The lowest BCUT2D eigenvalue weighted by atomic mass is 10.2. The second-order valence-corrected chi connectivity index (χ2v) is 9.48. The van der Waals surface area contributed by atoms with Gasteiger partial charge in [-0.15, -0.1) is 0 Å². The van der Waals surface area contributed by atoms with Gasteiger partial charge in [0.25, 0.3) is 5.56 Å². The number of carbonyl (C=O) groups excluding carboxylic acids is 1. The van der Waals surface area contributed by atoms with Crippen molar-refractivity contribution < 1.29 is 9.42 Å². The molecular formula is C25H28ClN7O3. The van der Waals surface area contributed by atoms with E-state index in [4.69, 9.17) is 21.2 Å². The van der Waals surface area contributed by atoms with Crippen LogP contribution in [0.5, 0.6) is 0 Å². The molecule has 1 fully saturated rings. The number of halogens is 1. The first-order chi connectivity index (χ1) is 17.5. The first kappa shape index (κ1) is 24.1. The summed E-state index contributed by atoms with van der Waals surface area (Å²) in [6.45, 7) is 5.20. The topological polar surface area (TPSA) is 111 Å². The van der Waals surface area contributed by atoms with E-state index >= 15 is 0 Å². The lowest BCUT2D eigenvalue weighted by molar-refractivity contribution is -0.117. The van der Waals surface area contributed by atoms with Gasteiger partial charge in [0.05, 0.1) is 5.69 Å². The number of imidazole rings is 1. The van der Waals surface area contributed by atoms with E-state index in [0.717, 1.165) is 31.2 Å². The Bertz CT molecular complexity index is 1440. The van der Waals surface area contributed by atoms with Gasteiger partial charge in [0.1, 0.15) is 17.6 Å². The summed E-state index contributed by atoms with van der Waals surface area (Å²) in [5.41, 5.74) is 1.88. The van der Waals surface area contributed by atoms with Crippen LogP contribution in [0.2, 0.25) is 5.02 Å². The number of benzene rings is 1. The Balaban J connectivity index is 1.56. The van der Waals surface area contributed by atoms with Crippen LogP contribution in [0.3, 0.4) is 0 Å². The summed E-state index contributed by atoms with van der Waals surface area (Å²) in [6.07, 6.45) is 6.29. The fourth-order valence-electron chi connectivity index (χ4n) is 4.67. The van der Waals surface area contributed by atoms with Crippen LogP contribution in [0.4, 0.5) is 11.6 Å². The minimum Gasteiger partial charge on any atom is -0.346 e. The molecule has 0 radical (unpaired) electrons. The van der Waals surface area contributed by atoms with Crippen molar-refractivity contribution in [3.8, 4) is 11.3 Å². The SMILES string of the molecule is CCCCCn1c(N2CCC[C@H]2C(=O)Nc2nonc2C)cc(=O)n2cc(-c3ccc(Cl)cc3)nc12. The fraction of sp³-hybridized carbons (Fsp3) is 0.400.